The van der Waals surface area contributed by atoms with E-state index in [4.69, 9.17) is 5.11 Å². The zero-order chi connectivity index (χ0) is 13.9. The van der Waals surface area contributed by atoms with E-state index in [0.29, 0.717) is 12.1 Å². The summed E-state index contributed by atoms with van der Waals surface area (Å²) in [5, 5.41) is 22.9. The van der Waals surface area contributed by atoms with Gasteiger partial charge in [-0.25, -0.2) is 4.39 Å². The Balaban J connectivity index is 1.95. The first-order valence-corrected chi connectivity index (χ1v) is 6.31. The van der Waals surface area contributed by atoms with Crippen LogP contribution in [0.5, 0.6) is 0 Å². The molecule has 1 aromatic carbocycles. The Morgan fingerprint density at radius 1 is 1.47 bits per heavy atom. The summed E-state index contributed by atoms with van der Waals surface area (Å²) in [4.78, 5) is 10.3. The molecule has 0 atom stereocenters. The van der Waals surface area contributed by atoms with E-state index in [-0.39, 0.29) is 24.3 Å². The first-order chi connectivity index (χ1) is 9.06. The number of hydrogen-bond acceptors (Lipinski definition) is 4. The highest BCUT2D eigenvalue weighted by Crippen LogP contribution is 2.47. The largest absolute Gasteiger partial charge is 0.396 e. The third-order valence-corrected chi connectivity index (χ3v) is 3.65. The van der Waals surface area contributed by atoms with E-state index in [9.17, 15) is 14.5 Å². The smallest absolute Gasteiger partial charge is 0.274 e. The Kier molecular flexibility index (Phi) is 4.11. The van der Waals surface area contributed by atoms with Gasteiger partial charge < -0.3 is 10.4 Å². The summed E-state index contributed by atoms with van der Waals surface area (Å²) in [6, 6.07) is 3.47. The molecule has 5 nitrogen and oxygen atoms in total. The molecular weight excluding hydrogens is 251 g/mol. The van der Waals surface area contributed by atoms with Gasteiger partial charge in [0.15, 0.2) is 0 Å². The summed E-state index contributed by atoms with van der Waals surface area (Å²) in [5.74, 6) is -0.473. The van der Waals surface area contributed by atoms with Gasteiger partial charge >= 0.3 is 0 Å². The van der Waals surface area contributed by atoms with Crippen molar-refractivity contribution in [2.24, 2.45) is 5.41 Å². The number of nitrogens with zero attached hydrogens (tertiary/aromatic N) is 1. The summed E-state index contributed by atoms with van der Waals surface area (Å²) in [7, 11) is 0. The fourth-order valence-electron chi connectivity index (χ4n) is 2.27. The number of nitrogens with one attached hydrogen (secondary N) is 1. The summed E-state index contributed by atoms with van der Waals surface area (Å²) in [5.41, 5.74) is 0.419. The molecule has 1 fully saturated rings. The molecule has 1 aliphatic rings. The van der Waals surface area contributed by atoms with Crippen molar-refractivity contribution in [3.63, 3.8) is 0 Å². The molecular formula is C13H17FN2O3. The third kappa shape index (κ3) is 3.48. The predicted molar refractivity (Wildman–Crippen MR) is 68.1 cm³/mol. The molecule has 1 saturated carbocycles. The van der Waals surface area contributed by atoms with Crippen LogP contribution in [0.2, 0.25) is 0 Å². The number of hydrogen-bond donors (Lipinski definition) is 2. The number of nitro benzene ring substituents is 1. The van der Waals surface area contributed by atoms with Gasteiger partial charge in [0.1, 0.15) is 5.82 Å². The molecule has 0 spiro atoms. The SMILES string of the molecule is O=[N+]([O-])c1ccc(F)cc1CNCC1(CCO)CC1. The Morgan fingerprint density at radius 2 is 2.21 bits per heavy atom. The second-order valence-electron chi connectivity index (χ2n) is 5.11. The monoisotopic (exact) mass is 268 g/mol. The highest BCUT2D eigenvalue weighted by Gasteiger charge is 2.41. The summed E-state index contributed by atoms with van der Waals surface area (Å²) >= 11 is 0. The van der Waals surface area contributed by atoms with Crippen molar-refractivity contribution in [1.29, 1.82) is 0 Å². The van der Waals surface area contributed by atoms with Crippen molar-refractivity contribution in [2.45, 2.75) is 25.8 Å². The van der Waals surface area contributed by atoms with Crippen LogP contribution >= 0.6 is 0 Å². The predicted octanol–water partition coefficient (Wildman–Crippen LogP) is 1.99. The molecule has 0 heterocycles. The normalized spacial score (nSPS) is 16.3. The summed E-state index contributed by atoms with van der Waals surface area (Å²) in [6.45, 7) is 1.12. The molecule has 2 rings (SSSR count). The van der Waals surface area contributed by atoms with Gasteiger partial charge in [0, 0.05) is 31.3 Å². The average molecular weight is 268 g/mol. The van der Waals surface area contributed by atoms with Crippen molar-refractivity contribution in [3.05, 3.63) is 39.7 Å². The van der Waals surface area contributed by atoms with Gasteiger partial charge in [-0.2, -0.15) is 0 Å². The van der Waals surface area contributed by atoms with E-state index in [0.717, 1.165) is 25.3 Å². The minimum absolute atomic E-state index is 0.0686. The summed E-state index contributed by atoms with van der Waals surface area (Å²) in [6.07, 6.45) is 2.86. The lowest BCUT2D eigenvalue weighted by atomic mass is 10.0. The van der Waals surface area contributed by atoms with Crippen LogP contribution in [0.15, 0.2) is 18.2 Å². The fourth-order valence-corrected chi connectivity index (χ4v) is 2.27. The van der Waals surface area contributed by atoms with E-state index in [1.807, 2.05) is 0 Å². The number of benzene rings is 1. The third-order valence-electron chi connectivity index (χ3n) is 3.65. The van der Waals surface area contributed by atoms with E-state index >= 15 is 0 Å². The van der Waals surface area contributed by atoms with Crippen molar-refractivity contribution >= 4 is 5.69 Å². The second kappa shape index (κ2) is 5.63. The maximum Gasteiger partial charge on any atom is 0.274 e. The van der Waals surface area contributed by atoms with Gasteiger partial charge in [-0.3, -0.25) is 10.1 Å². The highest BCUT2D eigenvalue weighted by molar-refractivity contribution is 5.40. The first-order valence-electron chi connectivity index (χ1n) is 6.31. The van der Waals surface area contributed by atoms with E-state index < -0.39 is 10.7 Å². The van der Waals surface area contributed by atoms with Crippen LogP contribution < -0.4 is 5.32 Å². The van der Waals surface area contributed by atoms with Gasteiger partial charge in [0.2, 0.25) is 0 Å². The number of aliphatic hydroxyl groups is 1. The van der Waals surface area contributed by atoms with E-state index in [2.05, 4.69) is 5.32 Å². The van der Waals surface area contributed by atoms with Crippen LogP contribution in [0, 0.1) is 21.3 Å². The van der Waals surface area contributed by atoms with Gasteiger partial charge in [-0.1, -0.05) is 0 Å². The quantitative estimate of drug-likeness (QED) is 0.585. The molecule has 0 amide bonds. The Morgan fingerprint density at radius 3 is 2.79 bits per heavy atom. The minimum atomic E-state index is -0.503. The van der Waals surface area contributed by atoms with Crippen molar-refractivity contribution < 1.29 is 14.4 Å². The molecule has 0 radical (unpaired) electrons. The highest BCUT2D eigenvalue weighted by atomic mass is 19.1. The topological polar surface area (TPSA) is 75.4 Å². The van der Waals surface area contributed by atoms with Crippen LogP contribution in [-0.4, -0.2) is 23.2 Å². The first kappa shape index (κ1) is 13.9. The van der Waals surface area contributed by atoms with Crippen molar-refractivity contribution in [3.8, 4) is 0 Å². The van der Waals surface area contributed by atoms with Gasteiger partial charge in [0.25, 0.3) is 5.69 Å². The van der Waals surface area contributed by atoms with Crippen LogP contribution in [0.4, 0.5) is 10.1 Å². The van der Waals surface area contributed by atoms with E-state index in [1.54, 1.807) is 0 Å². The zero-order valence-electron chi connectivity index (χ0n) is 10.6. The lowest BCUT2D eigenvalue weighted by molar-refractivity contribution is -0.385. The van der Waals surface area contributed by atoms with Crippen LogP contribution in [0.3, 0.4) is 0 Å². The molecule has 0 unspecified atom stereocenters. The Hall–Kier alpha value is -1.53. The number of nitro groups is 1. The fraction of sp³-hybridized carbons (Fsp3) is 0.538. The molecule has 6 heteroatoms. The van der Waals surface area contributed by atoms with Gasteiger partial charge in [-0.15, -0.1) is 0 Å². The molecule has 1 aromatic rings. The lowest BCUT2D eigenvalue weighted by Gasteiger charge is -2.14. The summed E-state index contributed by atoms with van der Waals surface area (Å²) < 4.78 is 13.1. The van der Waals surface area contributed by atoms with Gasteiger partial charge in [0.05, 0.1) is 4.92 Å². The Labute approximate surface area is 110 Å². The zero-order valence-corrected chi connectivity index (χ0v) is 10.6. The molecule has 104 valence electrons. The maximum atomic E-state index is 13.1. The second-order valence-corrected chi connectivity index (χ2v) is 5.11. The van der Waals surface area contributed by atoms with Crippen LogP contribution in [-0.2, 0) is 6.54 Å². The molecule has 1 aliphatic carbocycles. The van der Waals surface area contributed by atoms with Crippen LogP contribution in [0.1, 0.15) is 24.8 Å². The molecule has 0 aromatic heterocycles. The van der Waals surface area contributed by atoms with Crippen LogP contribution in [0.25, 0.3) is 0 Å². The molecule has 19 heavy (non-hydrogen) atoms. The van der Waals surface area contributed by atoms with E-state index in [1.165, 1.54) is 12.1 Å². The van der Waals surface area contributed by atoms with Crippen molar-refractivity contribution in [1.82, 2.24) is 5.32 Å². The average Bonchev–Trinajstić information content (AvgIpc) is 3.09. The molecule has 0 aliphatic heterocycles. The maximum absolute atomic E-state index is 13.1. The Bertz CT molecular complexity index is 475. The minimum Gasteiger partial charge on any atom is -0.396 e. The lowest BCUT2D eigenvalue weighted by Crippen LogP contribution is -2.24. The molecule has 2 N–H and O–H groups in total. The number of aliphatic hydroxyl groups excluding tert-OH is 1. The molecule has 0 bridgehead atoms. The van der Waals surface area contributed by atoms with Gasteiger partial charge in [-0.05, 0) is 36.8 Å². The van der Waals surface area contributed by atoms with Crippen molar-refractivity contribution in [2.75, 3.05) is 13.2 Å². The number of halogens is 1. The number of rotatable bonds is 7. The standard InChI is InChI=1S/C13H17FN2O3/c14-11-1-2-12(16(18)19)10(7-11)8-15-9-13(3-4-13)5-6-17/h1-2,7,15,17H,3-6,8-9H2. The molecule has 0 saturated heterocycles.